The highest BCUT2D eigenvalue weighted by molar-refractivity contribution is 7.99. The summed E-state index contributed by atoms with van der Waals surface area (Å²) in [6.45, 7) is 0. The van der Waals surface area contributed by atoms with Crippen LogP contribution in [-0.4, -0.2) is 16.5 Å². The van der Waals surface area contributed by atoms with E-state index < -0.39 is 0 Å². The van der Waals surface area contributed by atoms with Crippen molar-refractivity contribution in [3.05, 3.63) is 57.0 Å². The zero-order valence-electron chi connectivity index (χ0n) is 11.0. The van der Waals surface area contributed by atoms with Crippen LogP contribution in [0.25, 0.3) is 11.1 Å². The molecular weight excluding hydrogens is 365 g/mol. The minimum Gasteiger partial charge on any atom is -0.431 e. The van der Waals surface area contributed by atoms with Crippen LogP contribution in [0.2, 0.25) is 15.1 Å². The molecule has 3 aromatic rings. The Morgan fingerprint density at radius 3 is 2.59 bits per heavy atom. The first-order chi connectivity index (χ1) is 10.5. The van der Waals surface area contributed by atoms with Gasteiger partial charge in [-0.15, -0.1) is 0 Å². The molecule has 0 bridgehead atoms. The number of rotatable bonds is 4. The van der Waals surface area contributed by atoms with Crippen LogP contribution in [0.3, 0.4) is 0 Å². The second-order valence-electron chi connectivity index (χ2n) is 4.43. The third-order valence-electron chi connectivity index (χ3n) is 2.89. The van der Waals surface area contributed by atoms with E-state index in [-0.39, 0.29) is 11.5 Å². The van der Waals surface area contributed by atoms with E-state index in [1.165, 1.54) is 11.8 Å². The fourth-order valence-electron chi connectivity index (χ4n) is 1.86. The van der Waals surface area contributed by atoms with E-state index in [1.807, 2.05) is 0 Å². The number of carbonyl (C=O) groups excluding carboxylic acids is 1. The predicted octanol–water partition coefficient (Wildman–Crippen LogP) is 5.76. The van der Waals surface area contributed by atoms with Crippen molar-refractivity contribution in [3.63, 3.8) is 0 Å². The highest BCUT2D eigenvalue weighted by Gasteiger charge is 2.14. The first-order valence-corrected chi connectivity index (χ1v) is 8.32. The van der Waals surface area contributed by atoms with Crippen molar-refractivity contribution in [3.8, 4) is 0 Å². The molecule has 0 N–H and O–H groups in total. The molecule has 0 atom stereocenters. The Morgan fingerprint density at radius 1 is 1.09 bits per heavy atom. The maximum absolute atomic E-state index is 12.2. The summed E-state index contributed by atoms with van der Waals surface area (Å²) in [5.74, 6) is 0.0500. The van der Waals surface area contributed by atoms with Crippen LogP contribution in [0.1, 0.15) is 10.4 Å². The summed E-state index contributed by atoms with van der Waals surface area (Å²) < 4.78 is 5.55. The third-order valence-corrected chi connectivity index (χ3v) is 4.50. The Bertz CT molecular complexity index is 863. The molecule has 0 unspecified atom stereocenters. The summed E-state index contributed by atoms with van der Waals surface area (Å²) in [6, 6.07) is 9.96. The largest absolute Gasteiger partial charge is 0.431 e. The number of thioether (sulfide) groups is 1. The molecule has 0 aliphatic rings. The standard InChI is InChI=1S/C15H8Cl3NO2S/c16-8-1-3-10(11(18)5-8)13(20)7-22-15-19-12-6-9(17)2-4-14(12)21-15/h1-6H,7H2. The Labute approximate surface area is 145 Å². The van der Waals surface area contributed by atoms with Crippen LogP contribution in [0.15, 0.2) is 46.0 Å². The maximum atomic E-state index is 12.2. The minimum atomic E-state index is -0.119. The Balaban J connectivity index is 1.74. The normalized spacial score (nSPS) is 11.0. The van der Waals surface area contributed by atoms with Crippen molar-refractivity contribution in [2.24, 2.45) is 0 Å². The number of fused-ring (bicyclic) bond motifs is 1. The number of halogens is 3. The molecule has 112 valence electrons. The van der Waals surface area contributed by atoms with Crippen LogP contribution in [0.5, 0.6) is 0 Å². The van der Waals surface area contributed by atoms with Crippen molar-refractivity contribution in [1.29, 1.82) is 0 Å². The summed E-state index contributed by atoms with van der Waals surface area (Å²) in [6.07, 6.45) is 0. The lowest BCUT2D eigenvalue weighted by molar-refractivity contribution is 0.102. The second-order valence-corrected chi connectivity index (χ2v) is 6.63. The highest BCUT2D eigenvalue weighted by atomic mass is 35.5. The van der Waals surface area contributed by atoms with Crippen LogP contribution < -0.4 is 0 Å². The monoisotopic (exact) mass is 371 g/mol. The number of benzene rings is 2. The first kappa shape index (κ1) is 15.7. The lowest BCUT2D eigenvalue weighted by Crippen LogP contribution is -2.03. The van der Waals surface area contributed by atoms with Gasteiger partial charge < -0.3 is 4.42 Å². The number of carbonyl (C=O) groups is 1. The lowest BCUT2D eigenvalue weighted by Gasteiger charge is -2.02. The van der Waals surface area contributed by atoms with Crippen molar-refractivity contribution in [2.45, 2.75) is 5.22 Å². The molecule has 1 aromatic heterocycles. The molecule has 22 heavy (non-hydrogen) atoms. The summed E-state index contributed by atoms with van der Waals surface area (Å²) in [5, 5.41) is 1.82. The fourth-order valence-corrected chi connectivity index (χ4v) is 3.26. The summed E-state index contributed by atoms with van der Waals surface area (Å²) in [4.78, 5) is 16.5. The number of aromatic nitrogens is 1. The smallest absolute Gasteiger partial charge is 0.257 e. The third kappa shape index (κ3) is 3.41. The highest BCUT2D eigenvalue weighted by Crippen LogP contribution is 2.27. The number of hydrogen-bond acceptors (Lipinski definition) is 4. The SMILES string of the molecule is O=C(CSc1nc2cc(Cl)ccc2o1)c1ccc(Cl)cc1Cl. The number of ketones is 1. The van der Waals surface area contributed by atoms with Crippen molar-refractivity contribution >= 4 is 63.4 Å². The van der Waals surface area contributed by atoms with Crippen LogP contribution in [0, 0.1) is 0 Å². The molecule has 0 aliphatic heterocycles. The molecule has 2 aromatic carbocycles. The van der Waals surface area contributed by atoms with Gasteiger partial charge in [-0.3, -0.25) is 4.79 Å². The van der Waals surface area contributed by atoms with E-state index in [0.29, 0.717) is 37.0 Å². The summed E-state index contributed by atoms with van der Waals surface area (Å²) >= 11 is 18.9. The molecule has 3 nitrogen and oxygen atoms in total. The molecule has 7 heteroatoms. The minimum absolute atomic E-state index is 0.119. The molecule has 0 saturated heterocycles. The average Bonchev–Trinajstić information content (AvgIpc) is 2.86. The molecule has 0 amide bonds. The topological polar surface area (TPSA) is 43.1 Å². The molecule has 0 spiro atoms. The van der Waals surface area contributed by atoms with Gasteiger partial charge in [-0.05, 0) is 36.4 Å². The molecule has 0 radical (unpaired) electrons. The van der Waals surface area contributed by atoms with Gasteiger partial charge in [0.2, 0.25) is 0 Å². The predicted molar refractivity (Wildman–Crippen MR) is 90.5 cm³/mol. The zero-order valence-corrected chi connectivity index (χ0v) is 14.1. The second kappa shape index (κ2) is 6.50. The average molecular weight is 373 g/mol. The van der Waals surface area contributed by atoms with Gasteiger partial charge in [-0.1, -0.05) is 46.6 Å². The van der Waals surface area contributed by atoms with E-state index in [2.05, 4.69) is 4.98 Å². The van der Waals surface area contributed by atoms with E-state index >= 15 is 0 Å². The first-order valence-electron chi connectivity index (χ1n) is 6.20. The van der Waals surface area contributed by atoms with E-state index in [9.17, 15) is 4.79 Å². The van der Waals surface area contributed by atoms with Gasteiger partial charge in [-0.2, -0.15) is 0 Å². The maximum Gasteiger partial charge on any atom is 0.257 e. The fraction of sp³-hybridized carbons (Fsp3) is 0.0667. The van der Waals surface area contributed by atoms with Gasteiger partial charge in [0.15, 0.2) is 11.4 Å². The van der Waals surface area contributed by atoms with Gasteiger partial charge in [0.1, 0.15) is 5.52 Å². The Morgan fingerprint density at radius 2 is 1.82 bits per heavy atom. The van der Waals surface area contributed by atoms with Crippen molar-refractivity contribution in [2.75, 3.05) is 5.75 Å². The summed E-state index contributed by atoms with van der Waals surface area (Å²) in [5.41, 5.74) is 1.72. The Hall–Kier alpha value is -1.20. The Kier molecular flexibility index (Phi) is 4.64. The molecule has 0 saturated carbocycles. The van der Waals surface area contributed by atoms with Crippen molar-refractivity contribution < 1.29 is 9.21 Å². The quantitative estimate of drug-likeness (QED) is 0.431. The number of oxazole rings is 1. The van der Waals surface area contributed by atoms with Crippen molar-refractivity contribution in [1.82, 2.24) is 4.98 Å². The molecule has 3 rings (SSSR count). The van der Waals surface area contributed by atoms with E-state index in [4.69, 9.17) is 39.2 Å². The van der Waals surface area contributed by atoms with Crippen LogP contribution >= 0.6 is 46.6 Å². The number of Topliss-reactive ketones (excluding diaryl/α,β-unsaturated/α-hetero) is 1. The van der Waals surface area contributed by atoms with Gasteiger partial charge in [0.25, 0.3) is 5.22 Å². The number of nitrogens with zero attached hydrogens (tertiary/aromatic N) is 1. The molecule has 0 fully saturated rings. The number of hydrogen-bond donors (Lipinski definition) is 0. The molecule has 0 aliphatic carbocycles. The zero-order chi connectivity index (χ0) is 15.7. The van der Waals surface area contributed by atoms with Gasteiger partial charge in [0, 0.05) is 15.6 Å². The van der Waals surface area contributed by atoms with Gasteiger partial charge >= 0.3 is 0 Å². The van der Waals surface area contributed by atoms with Gasteiger partial charge in [-0.25, -0.2) is 4.98 Å². The van der Waals surface area contributed by atoms with Gasteiger partial charge in [0.05, 0.1) is 10.8 Å². The lowest BCUT2D eigenvalue weighted by atomic mass is 10.1. The van der Waals surface area contributed by atoms with E-state index in [0.717, 1.165) is 0 Å². The van der Waals surface area contributed by atoms with E-state index in [1.54, 1.807) is 36.4 Å². The summed E-state index contributed by atoms with van der Waals surface area (Å²) in [7, 11) is 0. The van der Waals surface area contributed by atoms with Crippen LogP contribution in [0.4, 0.5) is 0 Å². The molecule has 1 heterocycles. The molecular formula is C15H8Cl3NO2S. The van der Waals surface area contributed by atoms with Crippen LogP contribution in [-0.2, 0) is 0 Å².